The highest BCUT2D eigenvalue weighted by atomic mass is 32.2. The molecule has 0 aliphatic carbocycles. The fraction of sp³-hybridized carbons (Fsp3) is 0.429. The summed E-state index contributed by atoms with van der Waals surface area (Å²) in [6, 6.07) is 6.95. The van der Waals surface area contributed by atoms with Gasteiger partial charge in [0.2, 0.25) is 5.91 Å². The molecule has 0 saturated carbocycles. The molecule has 5 nitrogen and oxygen atoms in total. The van der Waals surface area contributed by atoms with Crippen LogP contribution in [0, 0.1) is 5.92 Å². The second kappa shape index (κ2) is 5.36. The number of hydrogen-bond acceptors (Lipinski definition) is 4. The second-order valence-corrected chi connectivity index (χ2v) is 5.98. The summed E-state index contributed by atoms with van der Waals surface area (Å²) in [6.45, 7) is 0.323. The summed E-state index contributed by atoms with van der Waals surface area (Å²) in [5.41, 5.74) is 1.01. The number of hydrogen-bond donors (Lipinski definition) is 1. The molecule has 0 aromatic heterocycles. The highest BCUT2D eigenvalue weighted by Gasteiger charge is 2.38. The molecule has 106 valence electrons. The van der Waals surface area contributed by atoms with Gasteiger partial charge in [-0.3, -0.25) is 4.79 Å². The Kier molecular flexibility index (Phi) is 3.56. The lowest BCUT2D eigenvalue weighted by Crippen LogP contribution is -2.46. The van der Waals surface area contributed by atoms with Crippen LogP contribution in [-0.4, -0.2) is 46.2 Å². The quantitative estimate of drug-likeness (QED) is 0.888. The molecule has 0 radical (unpaired) electrons. The van der Waals surface area contributed by atoms with Crippen LogP contribution in [-0.2, 0) is 16.0 Å². The van der Waals surface area contributed by atoms with Crippen LogP contribution in [0.2, 0.25) is 0 Å². The van der Waals surface area contributed by atoms with E-state index in [2.05, 4.69) is 0 Å². The maximum atomic E-state index is 12.5. The first kappa shape index (κ1) is 13.3. The van der Waals surface area contributed by atoms with Crippen LogP contribution in [0.25, 0.3) is 0 Å². The third-order valence-electron chi connectivity index (χ3n) is 3.68. The molecule has 6 heteroatoms. The minimum absolute atomic E-state index is 0.114. The SMILES string of the molecule is O=C(O)C1CSCN1C(=O)C1COc2ccccc2C1. The lowest BCUT2D eigenvalue weighted by Gasteiger charge is -2.29. The molecule has 2 heterocycles. The number of carbonyl (C=O) groups excluding carboxylic acids is 1. The van der Waals surface area contributed by atoms with E-state index in [0.717, 1.165) is 11.3 Å². The molecule has 1 N–H and O–H groups in total. The monoisotopic (exact) mass is 293 g/mol. The predicted molar refractivity (Wildman–Crippen MR) is 74.7 cm³/mol. The Labute approximate surface area is 120 Å². The van der Waals surface area contributed by atoms with Crippen molar-refractivity contribution in [3.05, 3.63) is 29.8 Å². The summed E-state index contributed by atoms with van der Waals surface area (Å²) in [5, 5.41) is 9.15. The topological polar surface area (TPSA) is 66.8 Å². The van der Waals surface area contributed by atoms with Crippen LogP contribution in [0.4, 0.5) is 0 Å². The third kappa shape index (κ3) is 2.35. The van der Waals surface area contributed by atoms with E-state index >= 15 is 0 Å². The van der Waals surface area contributed by atoms with Gasteiger partial charge in [-0.05, 0) is 18.1 Å². The van der Waals surface area contributed by atoms with Crippen molar-refractivity contribution in [3.8, 4) is 5.75 Å². The molecule has 2 atom stereocenters. The van der Waals surface area contributed by atoms with Crippen LogP contribution in [0.3, 0.4) is 0 Å². The Bertz CT molecular complexity index is 548. The van der Waals surface area contributed by atoms with Crippen LogP contribution < -0.4 is 4.74 Å². The lowest BCUT2D eigenvalue weighted by atomic mass is 9.95. The molecule has 1 aromatic rings. The summed E-state index contributed by atoms with van der Waals surface area (Å²) >= 11 is 1.48. The minimum Gasteiger partial charge on any atom is -0.492 e. The molecule has 20 heavy (non-hydrogen) atoms. The summed E-state index contributed by atoms with van der Waals surface area (Å²) < 4.78 is 5.61. The van der Waals surface area contributed by atoms with Crippen molar-refractivity contribution in [2.24, 2.45) is 5.92 Å². The third-order valence-corrected chi connectivity index (χ3v) is 4.69. The van der Waals surface area contributed by atoms with E-state index < -0.39 is 12.0 Å². The lowest BCUT2D eigenvalue weighted by molar-refractivity contribution is -0.150. The molecular formula is C14H15NO4S. The van der Waals surface area contributed by atoms with Gasteiger partial charge in [0.25, 0.3) is 0 Å². The average molecular weight is 293 g/mol. The number of carbonyl (C=O) groups is 2. The van der Waals surface area contributed by atoms with Gasteiger partial charge in [-0.2, -0.15) is 0 Å². The zero-order valence-electron chi connectivity index (χ0n) is 10.8. The number of rotatable bonds is 2. The number of thioether (sulfide) groups is 1. The number of para-hydroxylation sites is 1. The van der Waals surface area contributed by atoms with Crippen molar-refractivity contribution in [3.63, 3.8) is 0 Å². The van der Waals surface area contributed by atoms with Gasteiger partial charge in [0.1, 0.15) is 18.4 Å². The number of nitrogens with zero attached hydrogens (tertiary/aromatic N) is 1. The molecule has 0 bridgehead atoms. The number of aliphatic carboxylic acids is 1. The van der Waals surface area contributed by atoms with Gasteiger partial charge in [0, 0.05) is 5.75 Å². The molecule has 1 aromatic carbocycles. The molecular weight excluding hydrogens is 278 g/mol. The smallest absolute Gasteiger partial charge is 0.327 e. The van der Waals surface area contributed by atoms with E-state index in [-0.39, 0.29) is 11.8 Å². The van der Waals surface area contributed by atoms with Crippen molar-refractivity contribution >= 4 is 23.6 Å². The van der Waals surface area contributed by atoms with Crippen LogP contribution in [0.5, 0.6) is 5.75 Å². The summed E-state index contributed by atoms with van der Waals surface area (Å²) in [7, 11) is 0. The van der Waals surface area contributed by atoms with Gasteiger partial charge in [-0.1, -0.05) is 18.2 Å². The molecule has 3 rings (SSSR count). The zero-order chi connectivity index (χ0) is 14.1. The van der Waals surface area contributed by atoms with Gasteiger partial charge in [-0.15, -0.1) is 11.8 Å². The van der Waals surface area contributed by atoms with Crippen LogP contribution >= 0.6 is 11.8 Å². The molecule has 2 unspecified atom stereocenters. The van der Waals surface area contributed by atoms with Crippen LogP contribution in [0.1, 0.15) is 5.56 Å². The molecule has 2 aliphatic rings. The molecule has 0 spiro atoms. The molecule has 1 saturated heterocycles. The number of amides is 1. The number of benzene rings is 1. The minimum atomic E-state index is -0.930. The predicted octanol–water partition coefficient (Wildman–Crippen LogP) is 1.22. The molecule has 2 aliphatic heterocycles. The van der Waals surface area contributed by atoms with Crippen molar-refractivity contribution in [2.75, 3.05) is 18.2 Å². The fourth-order valence-corrected chi connectivity index (χ4v) is 3.74. The average Bonchev–Trinajstić information content (AvgIpc) is 2.95. The van der Waals surface area contributed by atoms with E-state index in [0.29, 0.717) is 24.7 Å². The van der Waals surface area contributed by atoms with Crippen molar-refractivity contribution in [2.45, 2.75) is 12.5 Å². The molecule has 1 fully saturated rings. The largest absolute Gasteiger partial charge is 0.492 e. The number of ether oxygens (including phenoxy) is 1. The van der Waals surface area contributed by atoms with Crippen molar-refractivity contribution < 1.29 is 19.4 Å². The number of carboxylic acids is 1. The van der Waals surface area contributed by atoms with Gasteiger partial charge < -0.3 is 14.7 Å². The maximum absolute atomic E-state index is 12.5. The second-order valence-electron chi connectivity index (χ2n) is 4.98. The van der Waals surface area contributed by atoms with Gasteiger partial charge >= 0.3 is 5.97 Å². The van der Waals surface area contributed by atoms with Gasteiger partial charge in [0.15, 0.2) is 0 Å². The van der Waals surface area contributed by atoms with Crippen molar-refractivity contribution in [1.82, 2.24) is 4.90 Å². The Morgan fingerprint density at radius 1 is 1.35 bits per heavy atom. The normalized spacial score (nSPS) is 24.9. The van der Waals surface area contributed by atoms with E-state index in [1.807, 2.05) is 24.3 Å². The highest BCUT2D eigenvalue weighted by molar-refractivity contribution is 7.99. The Balaban J connectivity index is 1.74. The summed E-state index contributed by atoms with van der Waals surface area (Å²) in [4.78, 5) is 25.1. The first-order valence-electron chi connectivity index (χ1n) is 6.48. The van der Waals surface area contributed by atoms with Crippen molar-refractivity contribution in [1.29, 1.82) is 0 Å². The standard InChI is InChI=1S/C14H15NO4S/c16-13(15-8-20-7-11(15)14(17)18)10-5-9-3-1-2-4-12(9)19-6-10/h1-4,10-11H,5-8H2,(H,17,18). The molecule has 1 amide bonds. The van der Waals surface area contributed by atoms with E-state index in [4.69, 9.17) is 9.84 Å². The Hall–Kier alpha value is -1.69. The Morgan fingerprint density at radius 3 is 2.95 bits per heavy atom. The van der Waals surface area contributed by atoms with Crippen LogP contribution in [0.15, 0.2) is 24.3 Å². The maximum Gasteiger partial charge on any atom is 0.327 e. The van der Waals surface area contributed by atoms with E-state index in [9.17, 15) is 9.59 Å². The van der Waals surface area contributed by atoms with E-state index in [1.165, 1.54) is 16.7 Å². The first-order chi connectivity index (χ1) is 9.66. The Morgan fingerprint density at radius 2 is 2.15 bits per heavy atom. The fourth-order valence-electron chi connectivity index (χ4n) is 2.59. The zero-order valence-corrected chi connectivity index (χ0v) is 11.6. The van der Waals surface area contributed by atoms with Gasteiger partial charge in [-0.25, -0.2) is 4.79 Å². The number of carboxylic acid groups (broad SMARTS) is 1. The summed E-state index contributed by atoms with van der Waals surface area (Å²) in [6.07, 6.45) is 0.614. The summed E-state index contributed by atoms with van der Waals surface area (Å²) in [5.74, 6) is 0.407. The van der Waals surface area contributed by atoms with E-state index in [1.54, 1.807) is 0 Å². The first-order valence-corrected chi connectivity index (χ1v) is 7.64. The van der Waals surface area contributed by atoms with Gasteiger partial charge in [0.05, 0.1) is 11.8 Å². The highest BCUT2D eigenvalue weighted by Crippen LogP contribution is 2.30. The number of fused-ring (bicyclic) bond motifs is 1.